The largest absolute Gasteiger partial charge is 0.488 e. The lowest BCUT2D eigenvalue weighted by molar-refractivity contribution is 0.0601. The minimum atomic E-state index is -3.00. The Bertz CT molecular complexity index is 515. The molecule has 0 saturated carbocycles. The van der Waals surface area contributed by atoms with E-state index in [9.17, 15) is 14.8 Å². The topological polar surface area (TPSA) is 66.8 Å². The number of hydrogen-bond acceptors (Lipinski definition) is 4. The first-order valence-electron chi connectivity index (χ1n) is 6.61. The standard InChI is InChI=1S/C10H13BO4/c1-3-7-4-5-8(10(12)15-2)6-9(7)11(13)14/h4-6,13-14H,3H2,1-2H3/i1D3,3D2. The second-order valence-corrected chi connectivity index (χ2v) is 2.79. The first-order chi connectivity index (χ1) is 9.02. The van der Waals surface area contributed by atoms with E-state index in [0.717, 1.165) is 25.3 Å². The van der Waals surface area contributed by atoms with Gasteiger partial charge in [0.25, 0.3) is 0 Å². The Labute approximate surface area is 95.7 Å². The number of benzene rings is 1. The summed E-state index contributed by atoms with van der Waals surface area (Å²) in [6.07, 6.45) is -2.79. The molecule has 0 heterocycles. The highest BCUT2D eigenvalue weighted by Crippen LogP contribution is 2.05. The van der Waals surface area contributed by atoms with Crippen molar-refractivity contribution < 1.29 is 26.4 Å². The molecule has 0 unspecified atom stereocenters. The lowest BCUT2D eigenvalue weighted by Gasteiger charge is -2.08. The van der Waals surface area contributed by atoms with E-state index in [-0.39, 0.29) is 5.56 Å². The lowest BCUT2D eigenvalue weighted by Crippen LogP contribution is -2.33. The van der Waals surface area contributed by atoms with Crippen LogP contribution in [0.5, 0.6) is 0 Å². The van der Waals surface area contributed by atoms with Gasteiger partial charge in [-0.15, -0.1) is 0 Å². The first-order valence-corrected chi connectivity index (χ1v) is 4.11. The van der Waals surface area contributed by atoms with Gasteiger partial charge in [-0.2, -0.15) is 0 Å². The summed E-state index contributed by atoms with van der Waals surface area (Å²) in [7, 11) is -0.987. The molecule has 0 aliphatic rings. The van der Waals surface area contributed by atoms with Gasteiger partial charge in [0, 0.05) is 6.85 Å². The Morgan fingerprint density at radius 3 is 2.93 bits per heavy atom. The van der Waals surface area contributed by atoms with E-state index < -0.39 is 37.3 Å². The monoisotopic (exact) mass is 213 g/mol. The average molecular weight is 213 g/mol. The molecular weight excluding hydrogens is 195 g/mol. The van der Waals surface area contributed by atoms with Gasteiger partial charge in [0.1, 0.15) is 0 Å². The lowest BCUT2D eigenvalue weighted by atomic mass is 9.75. The molecule has 2 N–H and O–H groups in total. The molecule has 0 spiro atoms. The Balaban J connectivity index is 3.46. The van der Waals surface area contributed by atoms with Crippen LogP contribution in [0, 0.1) is 0 Å². The Morgan fingerprint density at radius 2 is 2.40 bits per heavy atom. The number of hydrogen-bond donors (Lipinski definition) is 2. The third kappa shape index (κ3) is 2.58. The zero-order chi connectivity index (χ0) is 15.7. The maximum atomic E-state index is 11.4. The molecule has 0 aromatic heterocycles. The molecule has 0 saturated heterocycles. The summed E-state index contributed by atoms with van der Waals surface area (Å²) in [5.41, 5.74) is -0.852. The van der Waals surface area contributed by atoms with Crippen LogP contribution in [0.2, 0.25) is 0 Å². The van der Waals surface area contributed by atoms with Crippen molar-refractivity contribution in [3.63, 3.8) is 0 Å². The predicted octanol–water partition coefficient (Wildman–Crippen LogP) is -0.285. The fourth-order valence-electron chi connectivity index (χ4n) is 1.14. The highest BCUT2D eigenvalue weighted by atomic mass is 16.5. The molecule has 15 heavy (non-hydrogen) atoms. The maximum absolute atomic E-state index is 11.4. The fourth-order valence-corrected chi connectivity index (χ4v) is 1.14. The van der Waals surface area contributed by atoms with Crippen molar-refractivity contribution in [1.29, 1.82) is 0 Å². The summed E-state index contributed by atoms with van der Waals surface area (Å²) < 4.78 is 41.3. The number of ether oxygens (including phenoxy) is 1. The van der Waals surface area contributed by atoms with Crippen LogP contribution in [-0.2, 0) is 11.1 Å². The van der Waals surface area contributed by atoms with Gasteiger partial charge in [-0.3, -0.25) is 0 Å². The number of rotatable bonds is 3. The highest BCUT2D eigenvalue weighted by Gasteiger charge is 2.17. The van der Waals surface area contributed by atoms with Crippen molar-refractivity contribution in [3.05, 3.63) is 29.3 Å². The summed E-state index contributed by atoms with van der Waals surface area (Å²) in [4.78, 5) is 11.4. The van der Waals surface area contributed by atoms with Crippen LogP contribution >= 0.6 is 0 Å². The summed E-state index contributed by atoms with van der Waals surface area (Å²) >= 11 is 0. The predicted molar refractivity (Wildman–Crippen MR) is 57.0 cm³/mol. The molecule has 0 aliphatic heterocycles. The zero-order valence-corrected chi connectivity index (χ0v) is 8.02. The first kappa shape index (κ1) is 6.30. The van der Waals surface area contributed by atoms with E-state index in [1.807, 2.05) is 0 Å². The van der Waals surface area contributed by atoms with Gasteiger partial charge in [0.15, 0.2) is 0 Å². The van der Waals surface area contributed by atoms with Crippen LogP contribution in [0.3, 0.4) is 0 Å². The fraction of sp³-hybridized carbons (Fsp3) is 0.300. The molecule has 0 aliphatic carbocycles. The summed E-state index contributed by atoms with van der Waals surface area (Å²) in [6.45, 7) is -3.00. The van der Waals surface area contributed by atoms with Crippen LogP contribution in [0.1, 0.15) is 29.6 Å². The number of esters is 1. The molecule has 0 fully saturated rings. The molecule has 0 atom stereocenters. The Kier molecular flexibility index (Phi) is 2.08. The van der Waals surface area contributed by atoms with Crippen molar-refractivity contribution in [1.82, 2.24) is 0 Å². The molecule has 1 aromatic rings. The SMILES string of the molecule is [2H]C([2H])([2H])C([2H])([2H])c1ccc(C(=O)OC)cc1B(O)O. The van der Waals surface area contributed by atoms with E-state index >= 15 is 0 Å². The van der Waals surface area contributed by atoms with E-state index in [4.69, 9.17) is 6.85 Å². The average Bonchev–Trinajstić information content (AvgIpc) is 2.35. The number of aryl methyl sites for hydroxylation is 1. The molecule has 0 radical (unpaired) electrons. The van der Waals surface area contributed by atoms with Crippen molar-refractivity contribution >= 4 is 18.6 Å². The zero-order valence-electron chi connectivity index (χ0n) is 13.0. The normalized spacial score (nSPS) is 16.6. The molecule has 1 rings (SSSR count). The van der Waals surface area contributed by atoms with Gasteiger partial charge in [-0.05, 0) is 29.5 Å². The van der Waals surface area contributed by atoms with Crippen molar-refractivity contribution in [2.24, 2.45) is 0 Å². The van der Waals surface area contributed by atoms with Crippen molar-refractivity contribution in [3.8, 4) is 0 Å². The highest BCUT2D eigenvalue weighted by molar-refractivity contribution is 6.59. The molecule has 1 aromatic carbocycles. The minimum absolute atomic E-state index is 0.0410. The van der Waals surface area contributed by atoms with Crippen LogP contribution in [-0.4, -0.2) is 30.2 Å². The number of carbonyl (C=O) groups is 1. The third-order valence-electron chi connectivity index (χ3n) is 1.89. The van der Waals surface area contributed by atoms with Gasteiger partial charge in [0.05, 0.1) is 12.7 Å². The molecule has 80 valence electrons. The minimum Gasteiger partial charge on any atom is -0.465 e. The van der Waals surface area contributed by atoms with Crippen LogP contribution in [0.25, 0.3) is 0 Å². The molecule has 4 nitrogen and oxygen atoms in total. The molecule has 0 amide bonds. The third-order valence-corrected chi connectivity index (χ3v) is 1.89. The summed E-state index contributed by atoms with van der Waals surface area (Å²) in [6, 6.07) is 3.19. The molecule has 5 heteroatoms. The van der Waals surface area contributed by atoms with Gasteiger partial charge in [0.2, 0.25) is 0 Å². The van der Waals surface area contributed by atoms with Crippen LogP contribution in [0.15, 0.2) is 18.2 Å². The van der Waals surface area contributed by atoms with E-state index in [0.29, 0.717) is 0 Å². The second-order valence-electron chi connectivity index (χ2n) is 2.79. The van der Waals surface area contributed by atoms with E-state index in [1.165, 1.54) is 0 Å². The van der Waals surface area contributed by atoms with Gasteiger partial charge in [-0.25, -0.2) is 4.79 Å². The Hall–Kier alpha value is -1.33. The van der Waals surface area contributed by atoms with Gasteiger partial charge < -0.3 is 14.8 Å². The molecular formula is C10H13BO4. The summed E-state index contributed by atoms with van der Waals surface area (Å²) in [5.74, 6) is -0.757. The van der Waals surface area contributed by atoms with E-state index in [1.54, 1.807) is 0 Å². The summed E-state index contributed by atoms with van der Waals surface area (Å²) in [5, 5.41) is 18.5. The Morgan fingerprint density at radius 1 is 1.67 bits per heavy atom. The quantitative estimate of drug-likeness (QED) is 0.535. The smallest absolute Gasteiger partial charge is 0.465 e. The number of methoxy groups -OCH3 is 1. The van der Waals surface area contributed by atoms with Gasteiger partial charge in [-0.1, -0.05) is 12.9 Å². The van der Waals surface area contributed by atoms with Crippen molar-refractivity contribution in [2.45, 2.75) is 13.2 Å². The van der Waals surface area contributed by atoms with Crippen LogP contribution < -0.4 is 5.46 Å². The second kappa shape index (κ2) is 4.95. The van der Waals surface area contributed by atoms with Crippen molar-refractivity contribution in [2.75, 3.05) is 7.11 Å². The van der Waals surface area contributed by atoms with E-state index in [2.05, 4.69) is 4.74 Å². The maximum Gasteiger partial charge on any atom is 0.488 e. The molecule has 0 bridgehead atoms. The van der Waals surface area contributed by atoms with Gasteiger partial charge >= 0.3 is 13.1 Å². The van der Waals surface area contributed by atoms with Crippen LogP contribution in [0.4, 0.5) is 0 Å². The number of carbonyl (C=O) groups excluding carboxylic acids is 1.